The maximum atomic E-state index is 12.0. The molecule has 4 unspecified atom stereocenters. The smallest absolute Gasteiger partial charge is 0.328 e. The Kier molecular flexibility index (Phi) is 10.6. The Morgan fingerprint density at radius 1 is 0.852 bits per heavy atom. The molecule has 0 fully saturated rings. The highest BCUT2D eigenvalue weighted by molar-refractivity contribution is 5.94. The van der Waals surface area contributed by atoms with Crippen LogP contribution in [0.1, 0.15) is 19.8 Å². The molecule has 0 aliphatic carbocycles. The third-order valence-corrected chi connectivity index (χ3v) is 3.37. The van der Waals surface area contributed by atoms with Gasteiger partial charge in [0.05, 0.1) is 19.3 Å². The maximum absolute atomic E-state index is 12.0. The third kappa shape index (κ3) is 8.94. The minimum atomic E-state index is -1.62. The average molecular weight is 392 g/mol. The SMILES string of the molecule is CC(NC(=O)C(N)CCC(=O)O)C(=O)NC(CO)C(=O)NC(CO)C(=O)O. The summed E-state index contributed by atoms with van der Waals surface area (Å²) in [6, 6.07) is -5.48. The van der Waals surface area contributed by atoms with Crippen LogP contribution in [0.2, 0.25) is 0 Å². The minimum absolute atomic E-state index is 0.144. The van der Waals surface area contributed by atoms with Crippen molar-refractivity contribution in [2.45, 2.75) is 43.9 Å². The second-order valence-corrected chi connectivity index (χ2v) is 5.59. The molecule has 9 N–H and O–H groups in total. The summed E-state index contributed by atoms with van der Waals surface area (Å²) in [7, 11) is 0. The van der Waals surface area contributed by atoms with E-state index in [1.165, 1.54) is 6.92 Å². The highest BCUT2D eigenvalue weighted by Gasteiger charge is 2.28. The van der Waals surface area contributed by atoms with Gasteiger partial charge in [0.25, 0.3) is 0 Å². The van der Waals surface area contributed by atoms with E-state index in [9.17, 15) is 29.1 Å². The van der Waals surface area contributed by atoms with E-state index in [1.54, 1.807) is 0 Å². The van der Waals surface area contributed by atoms with Crippen LogP contribution in [-0.2, 0) is 24.0 Å². The van der Waals surface area contributed by atoms with E-state index in [0.29, 0.717) is 0 Å². The molecule has 13 nitrogen and oxygen atoms in total. The predicted octanol–water partition coefficient (Wildman–Crippen LogP) is -4.28. The van der Waals surface area contributed by atoms with E-state index in [1.807, 2.05) is 5.32 Å². The number of nitrogens with two attached hydrogens (primary N) is 1. The number of carbonyl (C=O) groups excluding carboxylic acids is 3. The van der Waals surface area contributed by atoms with Gasteiger partial charge in [-0.1, -0.05) is 0 Å². The molecule has 0 bridgehead atoms. The van der Waals surface area contributed by atoms with Crippen molar-refractivity contribution in [2.24, 2.45) is 5.73 Å². The zero-order valence-electron chi connectivity index (χ0n) is 14.5. The van der Waals surface area contributed by atoms with Crippen LogP contribution < -0.4 is 21.7 Å². The lowest BCUT2D eigenvalue weighted by molar-refractivity contribution is -0.143. The topological polar surface area (TPSA) is 228 Å². The number of aliphatic hydroxyl groups is 2. The molecule has 0 aromatic rings. The molecule has 27 heavy (non-hydrogen) atoms. The van der Waals surface area contributed by atoms with Gasteiger partial charge in [0.1, 0.15) is 18.1 Å². The van der Waals surface area contributed by atoms with Gasteiger partial charge in [0.15, 0.2) is 0 Å². The molecular formula is C14H24N4O9. The Bertz CT molecular complexity index is 569. The first kappa shape index (κ1) is 24.2. The van der Waals surface area contributed by atoms with Crippen molar-refractivity contribution in [3.05, 3.63) is 0 Å². The largest absolute Gasteiger partial charge is 0.481 e. The first-order chi connectivity index (χ1) is 12.5. The summed E-state index contributed by atoms with van der Waals surface area (Å²) in [5.74, 6) is -5.36. The Hall–Kier alpha value is -2.77. The summed E-state index contributed by atoms with van der Waals surface area (Å²) in [5, 5.41) is 41.6. The number of hydrogen-bond donors (Lipinski definition) is 8. The number of rotatable bonds is 12. The van der Waals surface area contributed by atoms with Gasteiger partial charge in [-0.25, -0.2) is 4.79 Å². The zero-order chi connectivity index (χ0) is 21.1. The van der Waals surface area contributed by atoms with E-state index in [2.05, 4.69) is 10.6 Å². The first-order valence-electron chi connectivity index (χ1n) is 7.86. The van der Waals surface area contributed by atoms with E-state index < -0.39 is 67.0 Å². The molecule has 0 aliphatic rings. The number of amides is 3. The number of hydrogen-bond acceptors (Lipinski definition) is 8. The van der Waals surface area contributed by atoms with Crippen LogP contribution in [0.4, 0.5) is 0 Å². The lowest BCUT2D eigenvalue weighted by Gasteiger charge is -2.22. The fraction of sp³-hybridized carbons (Fsp3) is 0.643. The Morgan fingerprint density at radius 3 is 1.81 bits per heavy atom. The zero-order valence-corrected chi connectivity index (χ0v) is 14.5. The molecule has 13 heteroatoms. The van der Waals surface area contributed by atoms with Crippen LogP contribution in [-0.4, -0.2) is 87.5 Å². The second kappa shape index (κ2) is 11.8. The molecule has 0 saturated heterocycles. The maximum Gasteiger partial charge on any atom is 0.328 e. The standard InChI is InChI=1S/C14H24N4O9/c1-6(16-12(24)7(15)2-3-10(21)22)11(23)17-8(4-19)13(25)18-9(5-20)14(26)27/h6-9,19-20H,2-5,15H2,1H3,(H,16,24)(H,17,23)(H,18,25)(H,21,22)(H,26,27). The molecule has 0 rings (SSSR count). The first-order valence-corrected chi connectivity index (χ1v) is 7.86. The van der Waals surface area contributed by atoms with Gasteiger partial charge in [-0.15, -0.1) is 0 Å². The van der Waals surface area contributed by atoms with Gasteiger partial charge in [0.2, 0.25) is 17.7 Å². The highest BCUT2D eigenvalue weighted by Crippen LogP contribution is 1.97. The number of carbonyl (C=O) groups is 5. The summed E-state index contributed by atoms with van der Waals surface area (Å²) >= 11 is 0. The van der Waals surface area contributed by atoms with Gasteiger partial charge >= 0.3 is 11.9 Å². The molecule has 3 amide bonds. The third-order valence-electron chi connectivity index (χ3n) is 3.37. The van der Waals surface area contributed by atoms with E-state index in [0.717, 1.165) is 0 Å². The van der Waals surface area contributed by atoms with Crippen molar-refractivity contribution < 1.29 is 44.4 Å². The Balaban J connectivity index is 4.68. The highest BCUT2D eigenvalue weighted by atomic mass is 16.4. The monoisotopic (exact) mass is 392 g/mol. The fourth-order valence-corrected chi connectivity index (χ4v) is 1.74. The van der Waals surface area contributed by atoms with Gasteiger partial charge in [-0.2, -0.15) is 0 Å². The number of carboxylic acids is 2. The summed E-state index contributed by atoms with van der Waals surface area (Å²) < 4.78 is 0. The van der Waals surface area contributed by atoms with Crippen molar-refractivity contribution in [1.82, 2.24) is 16.0 Å². The van der Waals surface area contributed by atoms with Gasteiger partial charge in [-0.3, -0.25) is 19.2 Å². The summed E-state index contributed by atoms with van der Waals surface area (Å²) in [6.45, 7) is -0.501. The van der Waals surface area contributed by atoms with Crippen LogP contribution in [0.15, 0.2) is 0 Å². The quantitative estimate of drug-likeness (QED) is 0.159. The normalized spacial score (nSPS) is 15.0. The molecule has 0 aromatic heterocycles. The van der Waals surface area contributed by atoms with Crippen LogP contribution >= 0.6 is 0 Å². The molecule has 0 saturated carbocycles. The molecule has 0 aliphatic heterocycles. The number of carboxylic acid groups (broad SMARTS) is 2. The molecule has 0 radical (unpaired) electrons. The summed E-state index contributed by atoms with van der Waals surface area (Å²) in [5.41, 5.74) is 5.50. The van der Waals surface area contributed by atoms with Crippen molar-refractivity contribution >= 4 is 29.7 Å². The molecule has 0 spiro atoms. The lowest BCUT2D eigenvalue weighted by Crippen LogP contribution is -2.57. The van der Waals surface area contributed by atoms with Crippen molar-refractivity contribution in [3.8, 4) is 0 Å². The van der Waals surface area contributed by atoms with Crippen molar-refractivity contribution in [1.29, 1.82) is 0 Å². The molecule has 0 heterocycles. The Labute approximate surface area is 153 Å². The van der Waals surface area contributed by atoms with Gasteiger partial charge in [0, 0.05) is 6.42 Å². The number of aliphatic carboxylic acids is 2. The molecular weight excluding hydrogens is 368 g/mol. The van der Waals surface area contributed by atoms with Crippen molar-refractivity contribution in [3.63, 3.8) is 0 Å². The van der Waals surface area contributed by atoms with Crippen LogP contribution in [0.25, 0.3) is 0 Å². The van der Waals surface area contributed by atoms with Crippen LogP contribution in [0.5, 0.6) is 0 Å². The minimum Gasteiger partial charge on any atom is -0.481 e. The fourth-order valence-electron chi connectivity index (χ4n) is 1.74. The second-order valence-electron chi connectivity index (χ2n) is 5.59. The van der Waals surface area contributed by atoms with E-state index in [-0.39, 0.29) is 12.8 Å². The van der Waals surface area contributed by atoms with Crippen LogP contribution in [0.3, 0.4) is 0 Å². The summed E-state index contributed by atoms with van der Waals surface area (Å²) in [6.07, 6.45) is -0.480. The van der Waals surface area contributed by atoms with Crippen LogP contribution in [0, 0.1) is 0 Å². The molecule has 0 aromatic carbocycles. The number of nitrogens with one attached hydrogen (secondary N) is 3. The van der Waals surface area contributed by atoms with Gasteiger partial charge < -0.3 is 42.1 Å². The number of aliphatic hydroxyl groups excluding tert-OH is 2. The van der Waals surface area contributed by atoms with Crippen molar-refractivity contribution in [2.75, 3.05) is 13.2 Å². The van der Waals surface area contributed by atoms with E-state index >= 15 is 0 Å². The van der Waals surface area contributed by atoms with Gasteiger partial charge in [-0.05, 0) is 13.3 Å². The molecule has 4 atom stereocenters. The predicted molar refractivity (Wildman–Crippen MR) is 88.1 cm³/mol. The lowest BCUT2D eigenvalue weighted by atomic mass is 10.1. The average Bonchev–Trinajstić information content (AvgIpc) is 2.60. The van der Waals surface area contributed by atoms with E-state index in [4.69, 9.17) is 21.1 Å². The Morgan fingerprint density at radius 2 is 1.37 bits per heavy atom. The summed E-state index contributed by atoms with van der Waals surface area (Å²) in [4.78, 5) is 56.9. The molecule has 154 valence electrons.